The van der Waals surface area contributed by atoms with Gasteiger partial charge in [0.25, 0.3) is 0 Å². The molecule has 0 aliphatic heterocycles. The first kappa shape index (κ1) is 8.94. The van der Waals surface area contributed by atoms with Crippen LogP contribution in [0.15, 0.2) is 36.9 Å². The fourth-order valence-corrected chi connectivity index (χ4v) is 1.35. The van der Waals surface area contributed by atoms with Gasteiger partial charge in [-0.3, -0.25) is 9.67 Å². The molecule has 0 saturated carbocycles. The highest BCUT2D eigenvalue weighted by molar-refractivity contribution is 5.10. The minimum absolute atomic E-state index is 0.799. The Kier molecular flexibility index (Phi) is 2.58. The molecule has 72 valence electrons. The van der Waals surface area contributed by atoms with Crippen molar-refractivity contribution >= 4 is 0 Å². The molecule has 0 atom stereocenters. The van der Waals surface area contributed by atoms with Crippen molar-refractivity contribution in [2.24, 2.45) is 0 Å². The van der Waals surface area contributed by atoms with Crippen LogP contribution in [-0.2, 0) is 13.0 Å². The molecule has 2 aromatic rings. The maximum Gasteiger partial charge on any atom is 0.0674 e. The summed E-state index contributed by atoms with van der Waals surface area (Å²) in [6, 6.07) is 4.00. The van der Waals surface area contributed by atoms with Crippen LogP contribution in [0.5, 0.6) is 0 Å². The molecule has 2 aromatic heterocycles. The second-order valence-corrected chi connectivity index (χ2v) is 3.26. The summed E-state index contributed by atoms with van der Waals surface area (Å²) in [4.78, 5) is 4.07. The molecule has 0 aliphatic rings. The third-order valence-electron chi connectivity index (χ3n) is 2.16. The second kappa shape index (κ2) is 4.05. The molecule has 0 amide bonds. The van der Waals surface area contributed by atoms with Crippen LogP contribution in [0.25, 0.3) is 0 Å². The Morgan fingerprint density at radius 2 is 2.21 bits per heavy atom. The standard InChI is InChI=1S/C11H13N3/c1-2-10-7-13-14(8-10)9-11-4-3-5-12-6-11/h3-8H,2,9H2,1H3. The van der Waals surface area contributed by atoms with Crippen molar-refractivity contribution in [2.75, 3.05) is 0 Å². The molecule has 14 heavy (non-hydrogen) atoms. The SMILES string of the molecule is CCc1cnn(Cc2cccnc2)c1. The zero-order valence-corrected chi connectivity index (χ0v) is 8.22. The molecule has 0 radical (unpaired) electrons. The summed E-state index contributed by atoms with van der Waals surface area (Å²) >= 11 is 0. The molecule has 0 spiro atoms. The van der Waals surface area contributed by atoms with Crippen LogP contribution in [0.2, 0.25) is 0 Å². The van der Waals surface area contributed by atoms with Crippen LogP contribution >= 0.6 is 0 Å². The zero-order valence-electron chi connectivity index (χ0n) is 8.22. The van der Waals surface area contributed by atoms with Gasteiger partial charge in [-0.25, -0.2) is 0 Å². The summed E-state index contributed by atoms with van der Waals surface area (Å²) in [7, 11) is 0. The molecule has 2 rings (SSSR count). The second-order valence-electron chi connectivity index (χ2n) is 3.26. The number of pyridine rings is 1. The summed E-state index contributed by atoms with van der Waals surface area (Å²) in [5, 5.41) is 4.27. The molecular weight excluding hydrogens is 174 g/mol. The van der Waals surface area contributed by atoms with E-state index in [9.17, 15) is 0 Å². The fourth-order valence-electron chi connectivity index (χ4n) is 1.35. The van der Waals surface area contributed by atoms with Gasteiger partial charge in [0, 0.05) is 18.6 Å². The van der Waals surface area contributed by atoms with E-state index in [2.05, 4.69) is 29.3 Å². The molecular formula is C11H13N3. The first-order valence-corrected chi connectivity index (χ1v) is 4.78. The number of aryl methyl sites for hydroxylation is 1. The van der Waals surface area contributed by atoms with E-state index < -0.39 is 0 Å². The molecule has 0 aliphatic carbocycles. The largest absolute Gasteiger partial charge is 0.268 e. The quantitative estimate of drug-likeness (QED) is 0.734. The van der Waals surface area contributed by atoms with Crippen LogP contribution in [-0.4, -0.2) is 14.8 Å². The van der Waals surface area contributed by atoms with Crippen molar-refractivity contribution < 1.29 is 0 Å². The van der Waals surface area contributed by atoms with Gasteiger partial charge in [-0.1, -0.05) is 13.0 Å². The van der Waals surface area contributed by atoms with Gasteiger partial charge in [0.2, 0.25) is 0 Å². The van der Waals surface area contributed by atoms with Gasteiger partial charge in [-0.15, -0.1) is 0 Å². The molecule has 3 nitrogen and oxygen atoms in total. The van der Waals surface area contributed by atoms with Crippen LogP contribution in [0, 0.1) is 0 Å². The average molecular weight is 187 g/mol. The lowest BCUT2D eigenvalue weighted by Gasteiger charge is -1.99. The van der Waals surface area contributed by atoms with Crippen molar-refractivity contribution in [2.45, 2.75) is 19.9 Å². The highest BCUT2D eigenvalue weighted by Crippen LogP contribution is 2.02. The summed E-state index contributed by atoms with van der Waals surface area (Å²) in [6.45, 7) is 2.93. The Morgan fingerprint density at radius 3 is 2.86 bits per heavy atom. The van der Waals surface area contributed by atoms with Crippen molar-refractivity contribution in [1.29, 1.82) is 0 Å². The van der Waals surface area contributed by atoms with E-state index in [1.807, 2.05) is 23.1 Å². The fraction of sp³-hybridized carbons (Fsp3) is 0.273. The van der Waals surface area contributed by atoms with Crippen molar-refractivity contribution in [1.82, 2.24) is 14.8 Å². The Bertz CT molecular complexity index is 392. The van der Waals surface area contributed by atoms with Crippen molar-refractivity contribution in [3.63, 3.8) is 0 Å². The molecule has 0 unspecified atom stereocenters. The van der Waals surface area contributed by atoms with Crippen molar-refractivity contribution in [3.8, 4) is 0 Å². The Hall–Kier alpha value is -1.64. The first-order chi connectivity index (χ1) is 6.88. The summed E-state index contributed by atoms with van der Waals surface area (Å²) in [5.74, 6) is 0. The van der Waals surface area contributed by atoms with Gasteiger partial charge in [-0.05, 0) is 23.6 Å². The molecule has 0 bridgehead atoms. The van der Waals surface area contributed by atoms with E-state index in [4.69, 9.17) is 0 Å². The van der Waals surface area contributed by atoms with Crippen LogP contribution in [0.3, 0.4) is 0 Å². The lowest BCUT2D eigenvalue weighted by Crippen LogP contribution is -1.99. The van der Waals surface area contributed by atoms with E-state index in [1.165, 1.54) is 11.1 Å². The number of rotatable bonds is 3. The third-order valence-corrected chi connectivity index (χ3v) is 2.16. The van der Waals surface area contributed by atoms with E-state index in [0.717, 1.165) is 13.0 Å². The predicted molar refractivity (Wildman–Crippen MR) is 54.9 cm³/mol. The maximum atomic E-state index is 4.27. The molecule has 3 heteroatoms. The minimum Gasteiger partial charge on any atom is -0.268 e. The van der Waals surface area contributed by atoms with Crippen LogP contribution in [0.4, 0.5) is 0 Å². The van der Waals surface area contributed by atoms with Gasteiger partial charge < -0.3 is 0 Å². The van der Waals surface area contributed by atoms with Crippen LogP contribution < -0.4 is 0 Å². The number of hydrogen-bond donors (Lipinski definition) is 0. The van der Waals surface area contributed by atoms with E-state index in [0.29, 0.717) is 0 Å². The minimum atomic E-state index is 0.799. The van der Waals surface area contributed by atoms with Crippen LogP contribution in [0.1, 0.15) is 18.1 Å². The molecule has 0 saturated heterocycles. The predicted octanol–water partition coefficient (Wildman–Crippen LogP) is 1.89. The van der Waals surface area contributed by atoms with Crippen molar-refractivity contribution in [3.05, 3.63) is 48.0 Å². The van der Waals surface area contributed by atoms with E-state index in [1.54, 1.807) is 6.20 Å². The number of nitrogens with zero attached hydrogens (tertiary/aromatic N) is 3. The zero-order chi connectivity index (χ0) is 9.80. The van der Waals surface area contributed by atoms with E-state index >= 15 is 0 Å². The lowest BCUT2D eigenvalue weighted by atomic mass is 10.3. The maximum absolute atomic E-state index is 4.27. The van der Waals surface area contributed by atoms with E-state index in [-0.39, 0.29) is 0 Å². The average Bonchev–Trinajstić information content (AvgIpc) is 2.67. The summed E-state index contributed by atoms with van der Waals surface area (Å²) < 4.78 is 1.94. The van der Waals surface area contributed by atoms with Gasteiger partial charge in [-0.2, -0.15) is 5.10 Å². The highest BCUT2D eigenvalue weighted by Gasteiger charge is 1.97. The number of aromatic nitrogens is 3. The monoisotopic (exact) mass is 187 g/mol. The molecule has 2 heterocycles. The topological polar surface area (TPSA) is 30.7 Å². The molecule has 0 aromatic carbocycles. The summed E-state index contributed by atoms with van der Waals surface area (Å²) in [5.41, 5.74) is 2.45. The summed E-state index contributed by atoms with van der Waals surface area (Å²) in [6.07, 6.45) is 8.67. The third kappa shape index (κ3) is 1.99. The molecule has 0 N–H and O–H groups in total. The normalized spacial score (nSPS) is 10.4. The van der Waals surface area contributed by atoms with Gasteiger partial charge >= 0.3 is 0 Å². The Labute approximate surface area is 83.4 Å². The van der Waals surface area contributed by atoms with Gasteiger partial charge in [0.05, 0.1) is 12.7 Å². The lowest BCUT2D eigenvalue weighted by molar-refractivity contribution is 0.684. The Balaban J connectivity index is 2.11. The Morgan fingerprint density at radius 1 is 1.29 bits per heavy atom. The molecule has 0 fully saturated rings. The smallest absolute Gasteiger partial charge is 0.0674 e. The first-order valence-electron chi connectivity index (χ1n) is 4.78. The van der Waals surface area contributed by atoms with Gasteiger partial charge in [0.15, 0.2) is 0 Å². The number of hydrogen-bond acceptors (Lipinski definition) is 2. The highest BCUT2D eigenvalue weighted by atomic mass is 15.3. The van der Waals surface area contributed by atoms with Gasteiger partial charge in [0.1, 0.15) is 0 Å².